The third-order valence-corrected chi connectivity index (χ3v) is 3.56. The van der Waals surface area contributed by atoms with Gasteiger partial charge in [-0.2, -0.15) is 0 Å². The van der Waals surface area contributed by atoms with Gasteiger partial charge in [0.1, 0.15) is 5.75 Å². The molecule has 0 aliphatic rings. The van der Waals surface area contributed by atoms with Crippen LogP contribution in [0.2, 0.25) is 0 Å². The molecule has 3 N–H and O–H groups in total. The molecule has 2 aromatic rings. The number of rotatable bonds is 3. The molecule has 1 amide bonds. The number of anilines is 1. The number of hydrogen-bond donors (Lipinski definition) is 3. The van der Waals surface area contributed by atoms with Gasteiger partial charge < -0.3 is 10.1 Å². The molecule has 0 atom stereocenters. The molecular weight excluding hydrogens is 366 g/mol. The van der Waals surface area contributed by atoms with E-state index in [1.165, 1.54) is 0 Å². The molecule has 0 bridgehead atoms. The summed E-state index contributed by atoms with van der Waals surface area (Å²) in [5.41, 5.74) is 6.49. The van der Waals surface area contributed by atoms with Crippen molar-refractivity contribution < 1.29 is 9.53 Å². The van der Waals surface area contributed by atoms with E-state index in [1.54, 1.807) is 25.3 Å². The number of methoxy groups -OCH3 is 1. The highest BCUT2D eigenvalue weighted by molar-refractivity contribution is 9.10. The molecule has 5 nitrogen and oxygen atoms in total. The minimum absolute atomic E-state index is 0.298. The van der Waals surface area contributed by atoms with E-state index in [1.807, 2.05) is 30.3 Å². The lowest BCUT2D eigenvalue weighted by Gasteiger charge is -2.12. The Balaban J connectivity index is 1.89. The van der Waals surface area contributed by atoms with Gasteiger partial charge in [0.15, 0.2) is 5.11 Å². The number of para-hydroxylation sites is 1. The summed E-state index contributed by atoms with van der Waals surface area (Å²) >= 11 is 8.44. The molecular formula is C15H14BrN3O2S. The van der Waals surface area contributed by atoms with Crippen molar-refractivity contribution in [3.63, 3.8) is 0 Å². The first-order valence-electron chi connectivity index (χ1n) is 6.36. The molecule has 114 valence electrons. The SMILES string of the molecule is COc1ccc(C(=O)NNC(=S)Nc2ccccc2)cc1Br. The van der Waals surface area contributed by atoms with E-state index in [0.29, 0.717) is 20.9 Å². The highest BCUT2D eigenvalue weighted by Gasteiger charge is 2.09. The van der Waals surface area contributed by atoms with Gasteiger partial charge in [0, 0.05) is 11.3 Å². The number of hydrogen-bond acceptors (Lipinski definition) is 3. The molecule has 0 saturated heterocycles. The van der Waals surface area contributed by atoms with E-state index in [4.69, 9.17) is 17.0 Å². The molecule has 0 radical (unpaired) electrons. The maximum Gasteiger partial charge on any atom is 0.269 e. The lowest BCUT2D eigenvalue weighted by atomic mass is 10.2. The number of carbonyl (C=O) groups is 1. The van der Waals surface area contributed by atoms with Crippen LogP contribution < -0.4 is 20.9 Å². The summed E-state index contributed by atoms with van der Waals surface area (Å²) < 4.78 is 5.82. The van der Waals surface area contributed by atoms with Gasteiger partial charge in [-0.15, -0.1) is 0 Å². The summed E-state index contributed by atoms with van der Waals surface area (Å²) in [4.78, 5) is 12.0. The lowest BCUT2D eigenvalue weighted by molar-refractivity contribution is 0.0944. The lowest BCUT2D eigenvalue weighted by Crippen LogP contribution is -2.43. The van der Waals surface area contributed by atoms with Gasteiger partial charge in [-0.05, 0) is 58.5 Å². The van der Waals surface area contributed by atoms with Crippen LogP contribution in [0.4, 0.5) is 5.69 Å². The van der Waals surface area contributed by atoms with Gasteiger partial charge >= 0.3 is 0 Å². The fourth-order valence-corrected chi connectivity index (χ4v) is 2.39. The standard InChI is InChI=1S/C15H14BrN3O2S/c1-21-13-8-7-10(9-12(13)16)14(20)18-19-15(22)17-11-5-3-2-4-6-11/h2-9H,1H3,(H,18,20)(H2,17,19,22). The largest absolute Gasteiger partial charge is 0.496 e. The first-order valence-corrected chi connectivity index (χ1v) is 7.56. The van der Waals surface area contributed by atoms with Gasteiger partial charge in [0.2, 0.25) is 0 Å². The van der Waals surface area contributed by atoms with E-state index in [2.05, 4.69) is 32.1 Å². The van der Waals surface area contributed by atoms with Crippen molar-refractivity contribution in [3.8, 4) is 5.75 Å². The van der Waals surface area contributed by atoms with Crippen LogP contribution >= 0.6 is 28.1 Å². The smallest absolute Gasteiger partial charge is 0.269 e. The summed E-state index contributed by atoms with van der Waals surface area (Å²) in [5, 5.41) is 3.25. The van der Waals surface area contributed by atoms with Crippen molar-refractivity contribution >= 4 is 44.9 Å². The maximum atomic E-state index is 12.0. The molecule has 0 aliphatic carbocycles. The van der Waals surface area contributed by atoms with Crippen LogP contribution in [0.3, 0.4) is 0 Å². The number of nitrogens with one attached hydrogen (secondary N) is 3. The molecule has 0 aromatic heterocycles. The van der Waals surface area contributed by atoms with Crippen molar-refractivity contribution in [2.24, 2.45) is 0 Å². The molecule has 0 aliphatic heterocycles. The Bertz CT molecular complexity index is 680. The van der Waals surface area contributed by atoms with Gasteiger partial charge in [-0.25, -0.2) is 0 Å². The summed E-state index contributed by atoms with van der Waals surface area (Å²) in [6.07, 6.45) is 0. The molecule has 7 heteroatoms. The van der Waals surface area contributed by atoms with Crippen molar-refractivity contribution in [1.82, 2.24) is 10.9 Å². The Morgan fingerprint density at radius 3 is 2.50 bits per heavy atom. The topological polar surface area (TPSA) is 62.4 Å². The molecule has 22 heavy (non-hydrogen) atoms. The van der Waals surface area contributed by atoms with E-state index in [0.717, 1.165) is 5.69 Å². The fraction of sp³-hybridized carbons (Fsp3) is 0.0667. The van der Waals surface area contributed by atoms with E-state index in [-0.39, 0.29) is 5.91 Å². The second-order valence-electron chi connectivity index (χ2n) is 4.25. The first kappa shape index (κ1) is 16.3. The Labute approximate surface area is 142 Å². The summed E-state index contributed by atoms with van der Waals surface area (Å²) in [5.74, 6) is 0.353. The van der Waals surface area contributed by atoms with Gasteiger partial charge in [-0.1, -0.05) is 18.2 Å². The Morgan fingerprint density at radius 1 is 1.14 bits per heavy atom. The zero-order chi connectivity index (χ0) is 15.9. The van der Waals surface area contributed by atoms with Gasteiger partial charge in [0.05, 0.1) is 11.6 Å². The van der Waals surface area contributed by atoms with E-state index in [9.17, 15) is 4.79 Å². The normalized spacial score (nSPS) is 9.73. The van der Waals surface area contributed by atoms with Crippen molar-refractivity contribution in [2.45, 2.75) is 0 Å². The number of thiocarbonyl (C=S) groups is 1. The number of carbonyl (C=O) groups excluding carboxylic acids is 1. The predicted octanol–water partition coefficient (Wildman–Crippen LogP) is 3.09. The van der Waals surface area contributed by atoms with Crippen molar-refractivity contribution in [3.05, 3.63) is 58.6 Å². The molecule has 0 saturated carbocycles. The minimum atomic E-state index is -0.305. The summed E-state index contributed by atoms with van der Waals surface area (Å²) in [7, 11) is 1.56. The number of benzene rings is 2. The van der Waals surface area contributed by atoms with Crippen LogP contribution in [0.5, 0.6) is 5.75 Å². The van der Waals surface area contributed by atoms with Gasteiger partial charge in [0.25, 0.3) is 5.91 Å². The molecule has 0 heterocycles. The third kappa shape index (κ3) is 4.44. The Morgan fingerprint density at radius 2 is 1.86 bits per heavy atom. The maximum absolute atomic E-state index is 12.0. The van der Waals surface area contributed by atoms with Crippen LogP contribution in [-0.2, 0) is 0 Å². The predicted molar refractivity (Wildman–Crippen MR) is 94.0 cm³/mol. The van der Waals surface area contributed by atoms with Crippen molar-refractivity contribution in [1.29, 1.82) is 0 Å². The highest BCUT2D eigenvalue weighted by atomic mass is 79.9. The molecule has 0 spiro atoms. The second-order valence-corrected chi connectivity index (χ2v) is 5.51. The zero-order valence-electron chi connectivity index (χ0n) is 11.7. The summed E-state index contributed by atoms with van der Waals surface area (Å²) in [6, 6.07) is 14.5. The average Bonchev–Trinajstić information content (AvgIpc) is 2.53. The van der Waals surface area contributed by atoms with Crippen LogP contribution in [-0.4, -0.2) is 18.1 Å². The molecule has 2 rings (SSSR count). The Hall–Kier alpha value is -2.12. The molecule has 0 unspecified atom stereocenters. The van der Waals surface area contributed by atoms with Crippen LogP contribution in [0.25, 0.3) is 0 Å². The quantitative estimate of drug-likeness (QED) is 0.564. The monoisotopic (exact) mass is 379 g/mol. The first-order chi connectivity index (χ1) is 10.6. The second kappa shape index (κ2) is 7.77. The van der Waals surface area contributed by atoms with E-state index >= 15 is 0 Å². The fourth-order valence-electron chi connectivity index (χ4n) is 1.68. The number of hydrazine groups is 1. The zero-order valence-corrected chi connectivity index (χ0v) is 14.1. The Kier molecular flexibility index (Phi) is 5.74. The van der Waals surface area contributed by atoms with Crippen LogP contribution in [0.15, 0.2) is 53.0 Å². The number of amides is 1. The van der Waals surface area contributed by atoms with Gasteiger partial charge in [-0.3, -0.25) is 15.6 Å². The number of ether oxygens (including phenoxy) is 1. The van der Waals surface area contributed by atoms with E-state index < -0.39 is 0 Å². The van der Waals surface area contributed by atoms with Crippen LogP contribution in [0.1, 0.15) is 10.4 Å². The average molecular weight is 380 g/mol. The number of halogens is 1. The van der Waals surface area contributed by atoms with Crippen molar-refractivity contribution in [2.75, 3.05) is 12.4 Å². The molecule has 0 fully saturated rings. The van der Waals surface area contributed by atoms with Crippen LogP contribution in [0, 0.1) is 0 Å². The third-order valence-electron chi connectivity index (χ3n) is 2.74. The summed E-state index contributed by atoms with van der Waals surface area (Å²) in [6.45, 7) is 0. The minimum Gasteiger partial charge on any atom is -0.496 e. The highest BCUT2D eigenvalue weighted by Crippen LogP contribution is 2.25. The molecule has 2 aromatic carbocycles.